The second-order valence-corrected chi connectivity index (χ2v) is 9.49. The van der Waals surface area contributed by atoms with E-state index in [0.29, 0.717) is 11.6 Å². The number of nitriles is 1. The second-order valence-electron chi connectivity index (χ2n) is 9.12. The van der Waals surface area contributed by atoms with Crippen LogP contribution in [0.3, 0.4) is 0 Å². The molecule has 0 atom stereocenters. The lowest BCUT2D eigenvalue weighted by molar-refractivity contribution is -0.137. The second kappa shape index (κ2) is 8.09. The van der Waals surface area contributed by atoms with Gasteiger partial charge in [0.1, 0.15) is 5.54 Å². The smallest absolute Gasteiger partial charge is 0.304 e. The van der Waals surface area contributed by atoms with Crippen LogP contribution in [0.1, 0.15) is 38.8 Å². The van der Waals surface area contributed by atoms with Gasteiger partial charge in [-0.1, -0.05) is 13.8 Å². The molecule has 6 nitrogen and oxygen atoms in total. The summed E-state index contributed by atoms with van der Waals surface area (Å²) in [7, 11) is 0. The van der Waals surface area contributed by atoms with Gasteiger partial charge in [0.2, 0.25) is 0 Å². The third-order valence-electron chi connectivity index (χ3n) is 5.78. The molecule has 10 heteroatoms. The Morgan fingerprint density at radius 3 is 2.44 bits per heavy atom. The van der Waals surface area contributed by atoms with Crippen molar-refractivity contribution < 1.29 is 18.0 Å². The molecule has 1 aromatic heterocycles. The van der Waals surface area contributed by atoms with Gasteiger partial charge >= 0.3 is 6.18 Å². The van der Waals surface area contributed by atoms with Gasteiger partial charge in [0.05, 0.1) is 34.6 Å². The molecule has 0 saturated carbocycles. The molecule has 0 unspecified atom stereocenters. The van der Waals surface area contributed by atoms with E-state index in [2.05, 4.69) is 18.9 Å². The Kier molecular flexibility index (Phi) is 5.64. The SMILES string of the molecule is CC(C)Cn1ncc2cc(N3C(=S)N(c4ccc(C#N)c(C(F)(F)F)c4)C(=O)C3(C)C)ccc21. The average molecular weight is 486 g/mol. The quantitative estimate of drug-likeness (QED) is 0.457. The summed E-state index contributed by atoms with van der Waals surface area (Å²) in [5.74, 6) is -0.0565. The van der Waals surface area contributed by atoms with E-state index in [1.54, 1.807) is 31.0 Å². The molecule has 176 valence electrons. The largest absolute Gasteiger partial charge is 0.417 e. The van der Waals surface area contributed by atoms with Gasteiger partial charge in [-0.05, 0) is 68.4 Å². The van der Waals surface area contributed by atoms with Crippen LogP contribution < -0.4 is 9.80 Å². The highest BCUT2D eigenvalue weighted by Crippen LogP contribution is 2.40. The van der Waals surface area contributed by atoms with Crippen molar-refractivity contribution in [3.8, 4) is 6.07 Å². The number of thiocarbonyl (C=S) groups is 1. The number of rotatable bonds is 4. The van der Waals surface area contributed by atoms with E-state index < -0.39 is 28.7 Å². The minimum Gasteiger partial charge on any atom is -0.304 e. The molecule has 2 heterocycles. The topological polar surface area (TPSA) is 65.2 Å². The summed E-state index contributed by atoms with van der Waals surface area (Å²) in [4.78, 5) is 16.1. The number of fused-ring (bicyclic) bond motifs is 1. The Bertz CT molecular complexity index is 1350. The molecule has 0 radical (unpaired) electrons. The summed E-state index contributed by atoms with van der Waals surface area (Å²) in [6.45, 7) is 8.29. The standard InChI is InChI=1S/C24H22F3N5OS/c1-14(2)13-30-20-8-7-18(9-16(20)12-29-30)32-22(34)31(21(33)23(32,3)4)17-6-5-15(11-28)19(10-17)24(25,26)27/h5-10,12,14H,13H2,1-4H3. The molecule has 0 spiro atoms. The monoisotopic (exact) mass is 485 g/mol. The summed E-state index contributed by atoms with van der Waals surface area (Å²) in [6, 6.07) is 10.3. The molecular weight excluding hydrogens is 463 g/mol. The maximum atomic E-state index is 13.5. The Hall–Kier alpha value is -3.45. The van der Waals surface area contributed by atoms with Crippen molar-refractivity contribution in [2.24, 2.45) is 5.92 Å². The average Bonchev–Trinajstić information content (AvgIpc) is 3.21. The molecular formula is C24H22F3N5OS. The number of nitrogens with zero attached hydrogens (tertiary/aromatic N) is 5. The predicted molar refractivity (Wildman–Crippen MR) is 127 cm³/mol. The lowest BCUT2D eigenvalue weighted by atomic mass is 10.0. The molecule has 1 saturated heterocycles. The van der Waals surface area contributed by atoms with Gasteiger partial charge in [-0.3, -0.25) is 14.4 Å². The summed E-state index contributed by atoms with van der Waals surface area (Å²) in [5.41, 5.74) is -1.25. The van der Waals surface area contributed by atoms with Gasteiger partial charge in [-0.15, -0.1) is 0 Å². The molecule has 3 aromatic rings. The van der Waals surface area contributed by atoms with Crippen molar-refractivity contribution >= 4 is 45.5 Å². The van der Waals surface area contributed by atoms with Gasteiger partial charge in [0.25, 0.3) is 5.91 Å². The molecule has 0 N–H and O–H groups in total. The first-order chi connectivity index (χ1) is 15.9. The van der Waals surface area contributed by atoms with Gasteiger partial charge in [-0.2, -0.15) is 23.5 Å². The molecule has 1 amide bonds. The molecule has 0 aliphatic carbocycles. The Balaban J connectivity index is 1.77. The third-order valence-corrected chi connectivity index (χ3v) is 6.14. The lowest BCUT2D eigenvalue weighted by Gasteiger charge is -2.29. The lowest BCUT2D eigenvalue weighted by Crippen LogP contribution is -2.44. The normalized spacial score (nSPS) is 16.1. The van der Waals surface area contributed by atoms with Crippen LogP contribution in [0.2, 0.25) is 0 Å². The van der Waals surface area contributed by atoms with Crippen LogP contribution >= 0.6 is 12.2 Å². The molecule has 2 aromatic carbocycles. The number of alkyl halides is 3. The Labute approximate surface area is 200 Å². The number of hydrogen-bond donors (Lipinski definition) is 0. The van der Waals surface area contributed by atoms with Gasteiger partial charge < -0.3 is 4.90 Å². The zero-order valence-corrected chi connectivity index (χ0v) is 19.8. The maximum Gasteiger partial charge on any atom is 0.417 e. The van der Waals surface area contributed by atoms with Crippen LogP contribution in [-0.4, -0.2) is 26.3 Å². The molecule has 1 aliphatic rings. The zero-order valence-electron chi connectivity index (χ0n) is 19.0. The minimum absolute atomic E-state index is 0.0391. The van der Waals surface area contributed by atoms with E-state index in [1.165, 1.54) is 6.07 Å². The Morgan fingerprint density at radius 1 is 1.15 bits per heavy atom. The predicted octanol–water partition coefficient (Wildman–Crippen LogP) is 5.50. The number of anilines is 2. The number of amides is 1. The molecule has 1 fully saturated rings. The molecule has 0 bridgehead atoms. The fraction of sp³-hybridized carbons (Fsp3) is 0.333. The highest BCUT2D eigenvalue weighted by molar-refractivity contribution is 7.81. The van der Waals surface area contributed by atoms with E-state index in [-0.39, 0.29) is 10.8 Å². The van der Waals surface area contributed by atoms with E-state index in [4.69, 9.17) is 17.5 Å². The van der Waals surface area contributed by atoms with Crippen LogP contribution in [0.25, 0.3) is 10.9 Å². The van der Waals surface area contributed by atoms with Crippen molar-refractivity contribution in [2.45, 2.75) is 46.0 Å². The first-order valence-electron chi connectivity index (χ1n) is 10.6. The zero-order chi connectivity index (χ0) is 25.0. The Morgan fingerprint density at radius 2 is 1.82 bits per heavy atom. The molecule has 4 rings (SSSR count). The number of halogens is 3. The van der Waals surface area contributed by atoms with Gasteiger partial charge in [-0.25, -0.2) is 0 Å². The van der Waals surface area contributed by atoms with Crippen LogP contribution in [-0.2, 0) is 17.5 Å². The summed E-state index contributed by atoms with van der Waals surface area (Å²) in [5, 5.41) is 14.4. The van der Waals surface area contributed by atoms with E-state index in [1.807, 2.05) is 22.9 Å². The third kappa shape index (κ3) is 3.80. The van der Waals surface area contributed by atoms with E-state index >= 15 is 0 Å². The van der Waals surface area contributed by atoms with E-state index in [9.17, 15) is 18.0 Å². The number of benzene rings is 2. The summed E-state index contributed by atoms with van der Waals surface area (Å²) < 4.78 is 42.4. The van der Waals surface area contributed by atoms with Gasteiger partial charge in [0, 0.05) is 17.6 Å². The minimum atomic E-state index is -4.75. The van der Waals surface area contributed by atoms with Crippen molar-refractivity contribution in [3.63, 3.8) is 0 Å². The summed E-state index contributed by atoms with van der Waals surface area (Å²) >= 11 is 5.60. The first-order valence-corrected chi connectivity index (χ1v) is 11.0. The summed E-state index contributed by atoms with van der Waals surface area (Å²) in [6.07, 6.45) is -3.01. The fourth-order valence-electron chi connectivity index (χ4n) is 4.16. The fourth-order valence-corrected chi connectivity index (χ4v) is 4.69. The van der Waals surface area contributed by atoms with Crippen molar-refractivity contribution in [1.82, 2.24) is 9.78 Å². The number of carbonyl (C=O) groups is 1. The van der Waals surface area contributed by atoms with Crippen molar-refractivity contribution in [2.75, 3.05) is 9.80 Å². The molecule has 34 heavy (non-hydrogen) atoms. The van der Waals surface area contributed by atoms with Crippen LogP contribution in [0, 0.1) is 17.2 Å². The van der Waals surface area contributed by atoms with Gasteiger partial charge in [0.15, 0.2) is 5.11 Å². The number of carbonyl (C=O) groups excluding carboxylic acids is 1. The highest BCUT2D eigenvalue weighted by Gasteiger charge is 2.50. The first kappa shape index (κ1) is 23.7. The van der Waals surface area contributed by atoms with Crippen molar-refractivity contribution in [1.29, 1.82) is 5.26 Å². The van der Waals surface area contributed by atoms with Crippen LogP contribution in [0.15, 0.2) is 42.6 Å². The maximum absolute atomic E-state index is 13.5. The number of hydrogen-bond acceptors (Lipinski definition) is 4. The van der Waals surface area contributed by atoms with Crippen molar-refractivity contribution in [3.05, 3.63) is 53.7 Å². The van der Waals surface area contributed by atoms with E-state index in [0.717, 1.165) is 34.5 Å². The highest BCUT2D eigenvalue weighted by atomic mass is 32.1. The molecule has 1 aliphatic heterocycles. The van der Waals surface area contributed by atoms with Crippen LogP contribution in [0.4, 0.5) is 24.5 Å². The number of aromatic nitrogens is 2. The van der Waals surface area contributed by atoms with Crippen LogP contribution in [0.5, 0.6) is 0 Å².